The van der Waals surface area contributed by atoms with Crippen LogP contribution in [-0.2, 0) is 26.2 Å². The van der Waals surface area contributed by atoms with E-state index < -0.39 is 28.5 Å². The topological polar surface area (TPSA) is 86.8 Å². The Bertz CT molecular complexity index is 1430. The predicted octanol–water partition coefficient (Wildman–Crippen LogP) is 6.09. The number of halogens is 3. The van der Waals surface area contributed by atoms with E-state index in [4.69, 9.17) is 34.8 Å². The molecule has 11 heteroatoms. The van der Waals surface area contributed by atoms with Crippen molar-refractivity contribution in [3.8, 4) is 0 Å². The highest BCUT2D eigenvalue weighted by Crippen LogP contribution is 2.31. The van der Waals surface area contributed by atoms with Gasteiger partial charge in [-0.05, 0) is 62.2 Å². The molecule has 0 heterocycles. The Balaban J connectivity index is 2.05. The molecule has 3 rings (SSSR count). The van der Waals surface area contributed by atoms with Crippen molar-refractivity contribution in [2.45, 2.75) is 44.7 Å². The standard InChI is InChI=1S/C28H30Cl3N3O4S/c1-4-15-32-28(36)20(3)33(17-21-7-5-6-8-24(21)29)27(35)18-34(22-11-14-25(30)26(31)16-22)39(37,38)23-12-9-19(2)10-13-23/h5-14,16,20H,4,15,17-18H2,1-3H3,(H,32,36). The lowest BCUT2D eigenvalue weighted by molar-refractivity contribution is -0.139. The number of carbonyl (C=O) groups is 2. The molecule has 0 aliphatic rings. The van der Waals surface area contributed by atoms with Crippen molar-refractivity contribution >= 4 is 62.3 Å². The van der Waals surface area contributed by atoms with Gasteiger partial charge in [-0.2, -0.15) is 0 Å². The summed E-state index contributed by atoms with van der Waals surface area (Å²) in [6.07, 6.45) is 0.719. The second kappa shape index (κ2) is 13.5. The molecule has 1 N–H and O–H groups in total. The fourth-order valence-corrected chi connectivity index (χ4v) is 5.69. The molecule has 0 radical (unpaired) electrons. The third kappa shape index (κ3) is 7.66. The minimum absolute atomic E-state index is 0.000981. The van der Waals surface area contributed by atoms with Crippen molar-refractivity contribution in [2.24, 2.45) is 0 Å². The maximum absolute atomic E-state index is 13.9. The number of aryl methyl sites for hydroxylation is 1. The normalized spacial score (nSPS) is 12.1. The van der Waals surface area contributed by atoms with Crippen LogP contribution in [0.2, 0.25) is 15.1 Å². The summed E-state index contributed by atoms with van der Waals surface area (Å²) in [5.74, 6) is -0.962. The predicted molar refractivity (Wildman–Crippen MR) is 157 cm³/mol. The summed E-state index contributed by atoms with van der Waals surface area (Å²) in [5, 5.41) is 3.59. The molecular weight excluding hydrogens is 581 g/mol. The van der Waals surface area contributed by atoms with Gasteiger partial charge in [0.25, 0.3) is 10.0 Å². The summed E-state index contributed by atoms with van der Waals surface area (Å²) >= 11 is 18.7. The number of nitrogens with one attached hydrogen (secondary N) is 1. The zero-order valence-electron chi connectivity index (χ0n) is 21.8. The monoisotopic (exact) mass is 609 g/mol. The van der Waals surface area contributed by atoms with E-state index in [1.54, 1.807) is 43.3 Å². The van der Waals surface area contributed by atoms with Gasteiger partial charge in [-0.3, -0.25) is 13.9 Å². The summed E-state index contributed by atoms with van der Waals surface area (Å²) < 4.78 is 28.6. The van der Waals surface area contributed by atoms with Gasteiger partial charge in [0, 0.05) is 18.1 Å². The Kier molecular flexibility index (Phi) is 10.7. The molecule has 0 saturated carbocycles. The number of amides is 2. The minimum atomic E-state index is -4.21. The maximum Gasteiger partial charge on any atom is 0.264 e. The number of benzene rings is 3. The van der Waals surface area contributed by atoms with Crippen molar-refractivity contribution in [1.29, 1.82) is 0 Å². The number of nitrogens with zero attached hydrogens (tertiary/aromatic N) is 2. The summed E-state index contributed by atoms with van der Waals surface area (Å²) in [5.41, 5.74) is 1.65. The van der Waals surface area contributed by atoms with E-state index in [-0.39, 0.29) is 33.1 Å². The van der Waals surface area contributed by atoms with Gasteiger partial charge >= 0.3 is 0 Å². The van der Waals surface area contributed by atoms with E-state index in [2.05, 4.69) is 5.32 Å². The fourth-order valence-electron chi connectivity index (χ4n) is 3.80. The SMILES string of the molecule is CCCNC(=O)C(C)N(Cc1ccccc1Cl)C(=O)CN(c1ccc(Cl)c(Cl)c1)S(=O)(=O)c1ccc(C)cc1. The molecule has 0 spiro atoms. The molecule has 0 bridgehead atoms. The first kappa shape index (κ1) is 30.8. The van der Waals surface area contributed by atoms with E-state index >= 15 is 0 Å². The van der Waals surface area contributed by atoms with E-state index in [1.165, 1.54) is 35.2 Å². The van der Waals surface area contributed by atoms with Gasteiger partial charge < -0.3 is 10.2 Å². The lowest BCUT2D eigenvalue weighted by Crippen LogP contribution is -2.51. The average molecular weight is 611 g/mol. The van der Waals surface area contributed by atoms with Crippen LogP contribution in [0.1, 0.15) is 31.4 Å². The van der Waals surface area contributed by atoms with Crippen molar-refractivity contribution in [1.82, 2.24) is 10.2 Å². The van der Waals surface area contributed by atoms with Crippen LogP contribution in [0.15, 0.2) is 71.6 Å². The summed E-state index contributed by atoms with van der Waals surface area (Å²) in [6.45, 7) is 5.20. The molecule has 1 atom stereocenters. The van der Waals surface area contributed by atoms with Gasteiger partial charge in [-0.15, -0.1) is 0 Å². The van der Waals surface area contributed by atoms with Crippen LogP contribution in [0, 0.1) is 6.92 Å². The van der Waals surface area contributed by atoms with Crippen LogP contribution < -0.4 is 9.62 Å². The summed E-state index contributed by atoms with van der Waals surface area (Å²) in [4.78, 5) is 28.1. The lowest BCUT2D eigenvalue weighted by atomic mass is 10.1. The highest BCUT2D eigenvalue weighted by atomic mass is 35.5. The Morgan fingerprint density at radius 1 is 0.923 bits per heavy atom. The largest absolute Gasteiger partial charge is 0.354 e. The van der Waals surface area contributed by atoms with Gasteiger partial charge in [-0.25, -0.2) is 8.42 Å². The molecule has 208 valence electrons. The van der Waals surface area contributed by atoms with Gasteiger partial charge in [-0.1, -0.05) is 77.6 Å². The number of anilines is 1. The molecule has 0 aliphatic heterocycles. The van der Waals surface area contributed by atoms with Crippen molar-refractivity contribution in [3.63, 3.8) is 0 Å². The van der Waals surface area contributed by atoms with E-state index in [0.29, 0.717) is 17.1 Å². The first-order valence-corrected chi connectivity index (χ1v) is 14.9. The van der Waals surface area contributed by atoms with E-state index in [9.17, 15) is 18.0 Å². The Hall–Kier alpha value is -2.78. The minimum Gasteiger partial charge on any atom is -0.354 e. The number of hydrogen-bond donors (Lipinski definition) is 1. The number of hydrogen-bond acceptors (Lipinski definition) is 4. The lowest BCUT2D eigenvalue weighted by Gasteiger charge is -2.32. The molecule has 0 fully saturated rings. The maximum atomic E-state index is 13.9. The first-order chi connectivity index (χ1) is 18.4. The highest BCUT2D eigenvalue weighted by molar-refractivity contribution is 7.92. The molecular formula is C28H30Cl3N3O4S. The third-order valence-corrected chi connectivity index (χ3v) is 8.99. The zero-order chi connectivity index (χ0) is 28.7. The summed E-state index contributed by atoms with van der Waals surface area (Å²) in [7, 11) is -4.21. The van der Waals surface area contributed by atoms with Crippen molar-refractivity contribution < 1.29 is 18.0 Å². The number of sulfonamides is 1. The molecule has 7 nitrogen and oxygen atoms in total. The third-order valence-electron chi connectivity index (χ3n) is 6.09. The van der Waals surface area contributed by atoms with Gasteiger partial charge in [0.15, 0.2) is 0 Å². The zero-order valence-corrected chi connectivity index (χ0v) is 24.9. The van der Waals surface area contributed by atoms with E-state index in [1.807, 2.05) is 13.8 Å². The molecule has 3 aromatic carbocycles. The molecule has 0 saturated heterocycles. The Morgan fingerprint density at radius 3 is 2.21 bits per heavy atom. The molecule has 2 amide bonds. The van der Waals surface area contributed by atoms with Crippen LogP contribution in [-0.4, -0.2) is 44.3 Å². The second-order valence-electron chi connectivity index (χ2n) is 9.00. The molecule has 3 aromatic rings. The summed E-state index contributed by atoms with van der Waals surface area (Å²) in [6, 6.07) is 16.7. The smallest absolute Gasteiger partial charge is 0.264 e. The fraction of sp³-hybridized carbons (Fsp3) is 0.286. The average Bonchev–Trinajstić information content (AvgIpc) is 2.91. The molecule has 1 unspecified atom stereocenters. The number of rotatable bonds is 11. The Labute approximate surface area is 244 Å². The number of carbonyl (C=O) groups excluding carboxylic acids is 2. The van der Waals surface area contributed by atoms with Crippen LogP contribution in [0.5, 0.6) is 0 Å². The van der Waals surface area contributed by atoms with Crippen LogP contribution in [0.4, 0.5) is 5.69 Å². The first-order valence-electron chi connectivity index (χ1n) is 12.3. The van der Waals surface area contributed by atoms with Gasteiger partial charge in [0.1, 0.15) is 12.6 Å². The van der Waals surface area contributed by atoms with E-state index in [0.717, 1.165) is 16.3 Å². The van der Waals surface area contributed by atoms with Gasteiger partial charge in [0.05, 0.1) is 20.6 Å². The second-order valence-corrected chi connectivity index (χ2v) is 12.1. The molecule has 0 aromatic heterocycles. The van der Waals surface area contributed by atoms with Crippen LogP contribution in [0.3, 0.4) is 0 Å². The molecule has 0 aliphatic carbocycles. The van der Waals surface area contributed by atoms with Crippen molar-refractivity contribution in [2.75, 3.05) is 17.4 Å². The molecule has 39 heavy (non-hydrogen) atoms. The Morgan fingerprint density at radius 2 is 1.59 bits per heavy atom. The van der Waals surface area contributed by atoms with Crippen molar-refractivity contribution in [3.05, 3.63) is 92.9 Å². The van der Waals surface area contributed by atoms with Crippen LogP contribution in [0.25, 0.3) is 0 Å². The van der Waals surface area contributed by atoms with Crippen LogP contribution >= 0.6 is 34.8 Å². The quantitative estimate of drug-likeness (QED) is 0.285. The highest BCUT2D eigenvalue weighted by Gasteiger charge is 2.33. The van der Waals surface area contributed by atoms with Gasteiger partial charge in [0.2, 0.25) is 11.8 Å².